The normalized spacial score (nSPS) is 10.5. The fourth-order valence-electron chi connectivity index (χ4n) is 1.76. The Balaban J connectivity index is 3.26. The molecule has 0 amide bonds. The SMILES string of the molecule is CCOc1cc(OCC)c(C=CC(=O)OC)c(OCC)c1. The molecular weight excluding hydrogens is 272 g/mol. The molecule has 0 radical (unpaired) electrons. The lowest BCUT2D eigenvalue weighted by Crippen LogP contribution is -2.02. The van der Waals surface area contributed by atoms with Gasteiger partial charge in [0, 0.05) is 18.2 Å². The van der Waals surface area contributed by atoms with Crippen LogP contribution in [0.25, 0.3) is 6.08 Å². The molecule has 1 rings (SSSR count). The van der Waals surface area contributed by atoms with Gasteiger partial charge in [-0.3, -0.25) is 0 Å². The highest BCUT2D eigenvalue weighted by molar-refractivity contribution is 5.88. The van der Waals surface area contributed by atoms with Crippen LogP contribution in [0.3, 0.4) is 0 Å². The van der Waals surface area contributed by atoms with Gasteiger partial charge in [0.1, 0.15) is 17.2 Å². The van der Waals surface area contributed by atoms with Crippen molar-refractivity contribution < 1.29 is 23.7 Å². The molecule has 0 aliphatic heterocycles. The van der Waals surface area contributed by atoms with Crippen LogP contribution in [0.15, 0.2) is 18.2 Å². The van der Waals surface area contributed by atoms with Crippen molar-refractivity contribution in [2.24, 2.45) is 0 Å². The third kappa shape index (κ3) is 5.02. The molecule has 21 heavy (non-hydrogen) atoms. The molecule has 0 aliphatic carbocycles. The molecule has 5 heteroatoms. The van der Waals surface area contributed by atoms with Crippen LogP contribution in [0.4, 0.5) is 0 Å². The highest BCUT2D eigenvalue weighted by atomic mass is 16.5. The number of hydrogen-bond acceptors (Lipinski definition) is 5. The first-order chi connectivity index (χ1) is 10.2. The van der Waals surface area contributed by atoms with Crippen LogP contribution in [0.2, 0.25) is 0 Å². The largest absolute Gasteiger partial charge is 0.494 e. The van der Waals surface area contributed by atoms with Crippen LogP contribution in [0.5, 0.6) is 17.2 Å². The summed E-state index contributed by atoms with van der Waals surface area (Å²) in [5, 5.41) is 0. The minimum atomic E-state index is -0.436. The van der Waals surface area contributed by atoms with Crippen LogP contribution >= 0.6 is 0 Å². The number of carbonyl (C=O) groups excluding carboxylic acids is 1. The third-order valence-electron chi connectivity index (χ3n) is 2.58. The van der Waals surface area contributed by atoms with E-state index in [4.69, 9.17) is 14.2 Å². The van der Waals surface area contributed by atoms with Crippen molar-refractivity contribution in [3.63, 3.8) is 0 Å². The first-order valence-electron chi connectivity index (χ1n) is 6.98. The summed E-state index contributed by atoms with van der Waals surface area (Å²) in [6.45, 7) is 7.24. The van der Waals surface area contributed by atoms with Crippen LogP contribution < -0.4 is 14.2 Å². The monoisotopic (exact) mass is 294 g/mol. The second kappa shape index (κ2) is 8.89. The molecule has 1 aromatic carbocycles. The Bertz CT molecular complexity index is 466. The number of rotatable bonds is 8. The summed E-state index contributed by atoms with van der Waals surface area (Å²) in [5.74, 6) is 1.44. The minimum absolute atomic E-state index is 0.436. The van der Waals surface area contributed by atoms with Crippen molar-refractivity contribution >= 4 is 12.0 Å². The quantitative estimate of drug-likeness (QED) is 0.545. The van der Waals surface area contributed by atoms with E-state index in [0.29, 0.717) is 42.6 Å². The van der Waals surface area contributed by atoms with Crippen LogP contribution in [0.1, 0.15) is 26.3 Å². The Kier molecular flexibility index (Phi) is 7.15. The fraction of sp³-hybridized carbons (Fsp3) is 0.438. The Morgan fingerprint density at radius 3 is 1.95 bits per heavy atom. The minimum Gasteiger partial charge on any atom is -0.494 e. The van der Waals surface area contributed by atoms with Gasteiger partial charge in [0.05, 0.1) is 32.5 Å². The van der Waals surface area contributed by atoms with E-state index in [1.807, 2.05) is 20.8 Å². The topological polar surface area (TPSA) is 54.0 Å². The molecule has 0 saturated carbocycles. The third-order valence-corrected chi connectivity index (χ3v) is 2.58. The smallest absolute Gasteiger partial charge is 0.330 e. The molecule has 0 spiro atoms. The van der Waals surface area contributed by atoms with E-state index in [2.05, 4.69) is 4.74 Å². The second-order valence-corrected chi connectivity index (χ2v) is 3.99. The van der Waals surface area contributed by atoms with Gasteiger partial charge in [-0.2, -0.15) is 0 Å². The molecule has 0 heterocycles. The van der Waals surface area contributed by atoms with Gasteiger partial charge in [-0.1, -0.05) is 0 Å². The van der Waals surface area contributed by atoms with Gasteiger partial charge in [0.25, 0.3) is 0 Å². The summed E-state index contributed by atoms with van der Waals surface area (Å²) >= 11 is 0. The summed E-state index contributed by atoms with van der Waals surface area (Å²) in [7, 11) is 1.33. The van der Waals surface area contributed by atoms with Gasteiger partial charge in [-0.15, -0.1) is 0 Å². The molecular formula is C16H22O5. The molecule has 5 nitrogen and oxygen atoms in total. The van der Waals surface area contributed by atoms with Gasteiger partial charge in [0.2, 0.25) is 0 Å². The fourth-order valence-corrected chi connectivity index (χ4v) is 1.76. The molecule has 0 unspecified atom stereocenters. The Labute approximate surface area is 125 Å². The van der Waals surface area contributed by atoms with E-state index < -0.39 is 5.97 Å². The summed E-state index contributed by atoms with van der Waals surface area (Å²) in [4.78, 5) is 11.3. The van der Waals surface area contributed by atoms with Crippen molar-refractivity contribution in [2.45, 2.75) is 20.8 Å². The molecule has 0 atom stereocenters. The first kappa shape index (κ1) is 16.9. The maximum Gasteiger partial charge on any atom is 0.330 e. The van der Waals surface area contributed by atoms with E-state index in [1.165, 1.54) is 13.2 Å². The maximum atomic E-state index is 11.3. The van der Waals surface area contributed by atoms with Crippen LogP contribution in [-0.2, 0) is 9.53 Å². The molecule has 0 aromatic heterocycles. The lowest BCUT2D eigenvalue weighted by atomic mass is 10.1. The van der Waals surface area contributed by atoms with Gasteiger partial charge in [-0.05, 0) is 26.8 Å². The standard InChI is InChI=1S/C16H22O5/c1-5-19-12-10-14(20-6-2)13(8-9-16(17)18-4)15(11-12)21-7-3/h8-11H,5-7H2,1-4H3. The lowest BCUT2D eigenvalue weighted by molar-refractivity contribution is -0.134. The number of esters is 1. The van der Waals surface area contributed by atoms with E-state index >= 15 is 0 Å². The number of carbonyl (C=O) groups is 1. The predicted molar refractivity (Wildman–Crippen MR) is 81.0 cm³/mol. The van der Waals surface area contributed by atoms with Crippen LogP contribution in [-0.4, -0.2) is 32.9 Å². The van der Waals surface area contributed by atoms with E-state index in [-0.39, 0.29) is 0 Å². The number of ether oxygens (including phenoxy) is 4. The van der Waals surface area contributed by atoms with Crippen LogP contribution in [0, 0.1) is 0 Å². The Hall–Kier alpha value is -2.17. The molecule has 0 fully saturated rings. The first-order valence-corrected chi connectivity index (χ1v) is 6.98. The van der Waals surface area contributed by atoms with Gasteiger partial charge in [0.15, 0.2) is 0 Å². The second-order valence-electron chi connectivity index (χ2n) is 3.99. The molecule has 1 aromatic rings. The number of benzene rings is 1. The lowest BCUT2D eigenvalue weighted by Gasteiger charge is -2.15. The zero-order valence-corrected chi connectivity index (χ0v) is 13.0. The van der Waals surface area contributed by atoms with Gasteiger partial charge >= 0.3 is 5.97 Å². The van der Waals surface area contributed by atoms with Gasteiger partial charge < -0.3 is 18.9 Å². The number of methoxy groups -OCH3 is 1. The molecule has 0 saturated heterocycles. The molecule has 0 aliphatic rings. The molecule has 116 valence electrons. The number of hydrogen-bond donors (Lipinski definition) is 0. The summed E-state index contributed by atoms with van der Waals surface area (Å²) in [5.41, 5.74) is 0.688. The predicted octanol–water partition coefficient (Wildman–Crippen LogP) is 3.07. The zero-order valence-electron chi connectivity index (χ0n) is 13.0. The van der Waals surface area contributed by atoms with Gasteiger partial charge in [-0.25, -0.2) is 4.79 Å². The Morgan fingerprint density at radius 2 is 1.52 bits per heavy atom. The Morgan fingerprint density at radius 1 is 1.00 bits per heavy atom. The summed E-state index contributed by atoms with van der Waals surface area (Å²) in [6, 6.07) is 3.57. The zero-order chi connectivity index (χ0) is 15.7. The average molecular weight is 294 g/mol. The van der Waals surface area contributed by atoms with Crippen molar-refractivity contribution in [2.75, 3.05) is 26.9 Å². The highest BCUT2D eigenvalue weighted by Crippen LogP contribution is 2.35. The van der Waals surface area contributed by atoms with Crippen molar-refractivity contribution in [1.29, 1.82) is 0 Å². The molecule has 0 N–H and O–H groups in total. The van der Waals surface area contributed by atoms with E-state index in [9.17, 15) is 4.79 Å². The van der Waals surface area contributed by atoms with E-state index in [1.54, 1.807) is 18.2 Å². The maximum absolute atomic E-state index is 11.3. The summed E-state index contributed by atoms with van der Waals surface area (Å²) in [6.07, 6.45) is 2.96. The van der Waals surface area contributed by atoms with Crippen molar-refractivity contribution in [3.8, 4) is 17.2 Å². The average Bonchev–Trinajstić information content (AvgIpc) is 2.47. The highest BCUT2D eigenvalue weighted by Gasteiger charge is 2.12. The van der Waals surface area contributed by atoms with Crippen molar-refractivity contribution in [1.82, 2.24) is 0 Å². The van der Waals surface area contributed by atoms with E-state index in [0.717, 1.165) is 0 Å². The van der Waals surface area contributed by atoms with Crippen molar-refractivity contribution in [3.05, 3.63) is 23.8 Å². The molecule has 0 bridgehead atoms. The summed E-state index contributed by atoms with van der Waals surface area (Å²) < 4.78 is 21.3.